The zero-order valence-electron chi connectivity index (χ0n) is 13.8. The van der Waals surface area contributed by atoms with Gasteiger partial charge in [-0.2, -0.15) is 0 Å². The Morgan fingerprint density at radius 2 is 2.17 bits per heavy atom. The molecule has 3 rings (SSSR count). The SMILES string of the molecule is CC(C)c1csc(CCNC(=O)CC2NC(=O)c3ccccc32)n1. The van der Waals surface area contributed by atoms with Crippen molar-refractivity contribution in [2.24, 2.45) is 0 Å². The maximum atomic E-state index is 12.1. The van der Waals surface area contributed by atoms with Crippen molar-refractivity contribution in [3.63, 3.8) is 0 Å². The molecule has 0 bridgehead atoms. The van der Waals surface area contributed by atoms with Gasteiger partial charge in [0.15, 0.2) is 0 Å². The maximum absolute atomic E-state index is 12.1. The third-order valence-electron chi connectivity index (χ3n) is 4.10. The number of rotatable bonds is 6. The zero-order chi connectivity index (χ0) is 17.1. The number of nitrogens with one attached hydrogen (secondary N) is 2. The van der Waals surface area contributed by atoms with Crippen LogP contribution < -0.4 is 10.6 Å². The van der Waals surface area contributed by atoms with Crippen molar-refractivity contribution in [2.45, 2.75) is 38.6 Å². The first kappa shape index (κ1) is 16.6. The van der Waals surface area contributed by atoms with Gasteiger partial charge in [-0.25, -0.2) is 4.98 Å². The summed E-state index contributed by atoms with van der Waals surface area (Å²) in [6.07, 6.45) is 0.995. The number of carbonyl (C=O) groups excluding carboxylic acids is 2. The molecule has 0 saturated heterocycles. The largest absolute Gasteiger partial charge is 0.356 e. The van der Waals surface area contributed by atoms with Crippen LogP contribution in [0.25, 0.3) is 0 Å². The second kappa shape index (κ2) is 7.13. The van der Waals surface area contributed by atoms with E-state index in [2.05, 4.69) is 34.8 Å². The van der Waals surface area contributed by atoms with Gasteiger partial charge in [0.2, 0.25) is 5.91 Å². The number of nitrogens with zero attached hydrogens (tertiary/aromatic N) is 1. The molecule has 126 valence electrons. The minimum atomic E-state index is -0.235. The molecule has 0 saturated carbocycles. The first-order chi connectivity index (χ1) is 11.5. The molecule has 1 unspecified atom stereocenters. The van der Waals surface area contributed by atoms with Gasteiger partial charge in [-0.05, 0) is 17.5 Å². The van der Waals surface area contributed by atoms with Crippen LogP contribution >= 0.6 is 11.3 Å². The number of fused-ring (bicyclic) bond motifs is 1. The molecule has 24 heavy (non-hydrogen) atoms. The molecule has 0 spiro atoms. The second-order valence-corrected chi connectivity index (χ2v) is 7.18. The first-order valence-corrected chi connectivity index (χ1v) is 9.03. The summed E-state index contributed by atoms with van der Waals surface area (Å²) in [5, 5.41) is 8.90. The van der Waals surface area contributed by atoms with Crippen LogP contribution in [0.2, 0.25) is 0 Å². The standard InChI is InChI=1S/C18H21N3O2S/c1-11(2)15-10-24-17(20-15)7-8-19-16(22)9-14-12-5-3-4-6-13(12)18(23)21-14/h3-6,10-11,14H,7-9H2,1-2H3,(H,19,22)(H,21,23). The third kappa shape index (κ3) is 3.64. The molecule has 0 radical (unpaired) electrons. The van der Waals surface area contributed by atoms with Crippen LogP contribution in [0.5, 0.6) is 0 Å². The molecule has 2 N–H and O–H groups in total. The lowest BCUT2D eigenvalue weighted by Crippen LogP contribution is -2.30. The molecule has 1 aliphatic rings. The fraction of sp³-hybridized carbons (Fsp3) is 0.389. The molecule has 1 aromatic carbocycles. The summed E-state index contributed by atoms with van der Waals surface area (Å²) in [4.78, 5) is 28.6. The zero-order valence-corrected chi connectivity index (χ0v) is 14.7. The number of hydrogen-bond donors (Lipinski definition) is 2. The predicted molar refractivity (Wildman–Crippen MR) is 94.2 cm³/mol. The Hall–Kier alpha value is -2.21. The Morgan fingerprint density at radius 3 is 2.92 bits per heavy atom. The lowest BCUT2D eigenvalue weighted by Gasteiger charge is -2.11. The van der Waals surface area contributed by atoms with Gasteiger partial charge in [-0.15, -0.1) is 11.3 Å². The summed E-state index contributed by atoms with van der Waals surface area (Å²) in [5.74, 6) is 0.265. The van der Waals surface area contributed by atoms with Gasteiger partial charge in [-0.3, -0.25) is 9.59 Å². The Bertz CT molecular complexity index is 754. The average molecular weight is 343 g/mol. The van der Waals surface area contributed by atoms with Gasteiger partial charge in [0.25, 0.3) is 5.91 Å². The molecule has 0 fully saturated rings. The number of benzene rings is 1. The highest BCUT2D eigenvalue weighted by Gasteiger charge is 2.29. The van der Waals surface area contributed by atoms with Crippen molar-refractivity contribution >= 4 is 23.2 Å². The topological polar surface area (TPSA) is 71.1 Å². The van der Waals surface area contributed by atoms with Crippen molar-refractivity contribution in [1.82, 2.24) is 15.6 Å². The van der Waals surface area contributed by atoms with E-state index < -0.39 is 0 Å². The molecule has 2 amide bonds. The minimum absolute atomic E-state index is 0.0577. The van der Waals surface area contributed by atoms with E-state index in [1.807, 2.05) is 18.2 Å². The van der Waals surface area contributed by atoms with E-state index in [0.29, 0.717) is 18.0 Å². The van der Waals surface area contributed by atoms with E-state index in [1.54, 1.807) is 17.4 Å². The number of thiazole rings is 1. The van der Waals surface area contributed by atoms with E-state index in [1.165, 1.54) is 0 Å². The van der Waals surface area contributed by atoms with E-state index in [-0.39, 0.29) is 24.3 Å². The van der Waals surface area contributed by atoms with Crippen molar-refractivity contribution in [3.05, 3.63) is 51.5 Å². The molecular formula is C18H21N3O2S. The molecule has 2 heterocycles. The van der Waals surface area contributed by atoms with Crippen LogP contribution in [-0.2, 0) is 11.2 Å². The lowest BCUT2D eigenvalue weighted by molar-refractivity contribution is -0.121. The predicted octanol–water partition coefficient (Wildman–Crippen LogP) is 2.80. The Morgan fingerprint density at radius 1 is 1.38 bits per heavy atom. The summed E-state index contributed by atoms with van der Waals surface area (Å²) in [7, 11) is 0. The number of hydrogen-bond acceptors (Lipinski definition) is 4. The van der Waals surface area contributed by atoms with E-state index in [0.717, 1.165) is 22.7 Å². The van der Waals surface area contributed by atoms with Crippen LogP contribution in [0.4, 0.5) is 0 Å². The van der Waals surface area contributed by atoms with Crippen LogP contribution in [0.15, 0.2) is 29.6 Å². The Labute approximate surface area is 145 Å². The highest BCUT2D eigenvalue weighted by atomic mass is 32.1. The molecule has 0 aliphatic carbocycles. The van der Waals surface area contributed by atoms with Crippen LogP contribution in [0, 0.1) is 0 Å². The highest BCUT2D eigenvalue weighted by molar-refractivity contribution is 7.09. The van der Waals surface area contributed by atoms with Crippen LogP contribution in [0.1, 0.15) is 58.9 Å². The molecule has 1 atom stereocenters. The third-order valence-corrected chi connectivity index (χ3v) is 5.02. The van der Waals surface area contributed by atoms with Crippen molar-refractivity contribution in [2.75, 3.05) is 6.54 Å². The Balaban J connectivity index is 1.49. The number of aromatic nitrogens is 1. The normalized spacial score (nSPS) is 16.1. The number of amides is 2. The molecular weight excluding hydrogens is 322 g/mol. The summed E-state index contributed by atoms with van der Waals surface area (Å²) in [5.41, 5.74) is 2.67. The lowest BCUT2D eigenvalue weighted by atomic mass is 10.0. The van der Waals surface area contributed by atoms with Gasteiger partial charge in [0.1, 0.15) is 0 Å². The fourth-order valence-electron chi connectivity index (χ4n) is 2.75. The van der Waals surface area contributed by atoms with Crippen molar-refractivity contribution in [1.29, 1.82) is 0 Å². The summed E-state index contributed by atoms with van der Waals surface area (Å²) >= 11 is 1.63. The molecule has 6 heteroatoms. The highest BCUT2D eigenvalue weighted by Crippen LogP contribution is 2.27. The molecule has 1 aliphatic heterocycles. The minimum Gasteiger partial charge on any atom is -0.356 e. The summed E-state index contributed by atoms with van der Waals surface area (Å²) in [6, 6.07) is 7.17. The van der Waals surface area contributed by atoms with Gasteiger partial charge >= 0.3 is 0 Å². The van der Waals surface area contributed by atoms with Crippen molar-refractivity contribution < 1.29 is 9.59 Å². The molecule has 5 nitrogen and oxygen atoms in total. The van der Waals surface area contributed by atoms with Crippen LogP contribution in [-0.4, -0.2) is 23.3 Å². The van der Waals surface area contributed by atoms with Gasteiger partial charge < -0.3 is 10.6 Å². The second-order valence-electron chi connectivity index (χ2n) is 6.24. The van der Waals surface area contributed by atoms with E-state index in [9.17, 15) is 9.59 Å². The smallest absolute Gasteiger partial charge is 0.252 e. The molecule has 1 aromatic heterocycles. The Kier molecular flexibility index (Phi) is 4.94. The number of carbonyl (C=O) groups is 2. The summed E-state index contributed by atoms with van der Waals surface area (Å²) in [6.45, 7) is 4.80. The fourth-order valence-corrected chi connectivity index (χ4v) is 3.71. The quantitative estimate of drug-likeness (QED) is 0.847. The van der Waals surface area contributed by atoms with E-state index in [4.69, 9.17) is 0 Å². The average Bonchev–Trinajstić information content (AvgIpc) is 3.14. The maximum Gasteiger partial charge on any atom is 0.252 e. The van der Waals surface area contributed by atoms with Gasteiger partial charge in [-0.1, -0.05) is 32.0 Å². The molecule has 2 aromatic rings. The first-order valence-electron chi connectivity index (χ1n) is 8.15. The van der Waals surface area contributed by atoms with Gasteiger partial charge in [0, 0.05) is 23.9 Å². The monoisotopic (exact) mass is 343 g/mol. The van der Waals surface area contributed by atoms with Crippen molar-refractivity contribution in [3.8, 4) is 0 Å². The van der Waals surface area contributed by atoms with Crippen LogP contribution in [0.3, 0.4) is 0 Å². The van der Waals surface area contributed by atoms with Gasteiger partial charge in [0.05, 0.1) is 23.2 Å². The van der Waals surface area contributed by atoms with E-state index >= 15 is 0 Å². The summed E-state index contributed by atoms with van der Waals surface area (Å²) < 4.78 is 0.